The molecule has 0 radical (unpaired) electrons. The molecule has 1 aliphatic heterocycles. The smallest absolute Gasteiger partial charge is 0.338 e. The summed E-state index contributed by atoms with van der Waals surface area (Å²) in [4.78, 5) is 10.6. The second kappa shape index (κ2) is 5.34. The maximum atomic E-state index is 13.7. The highest BCUT2D eigenvalue weighted by Crippen LogP contribution is 2.25. The second-order valence-electron chi connectivity index (χ2n) is 4.86. The van der Waals surface area contributed by atoms with Crippen molar-refractivity contribution >= 4 is 16.0 Å². The minimum absolute atomic E-state index is 0.117. The number of carboxylic acid groups (broad SMARTS) is 1. The van der Waals surface area contributed by atoms with Crippen molar-refractivity contribution in [2.24, 2.45) is 0 Å². The van der Waals surface area contributed by atoms with Crippen LogP contribution in [0, 0.1) is 12.7 Å². The van der Waals surface area contributed by atoms with E-state index < -0.39 is 39.6 Å². The number of hydrogen-bond acceptors (Lipinski definition) is 5. The fourth-order valence-corrected chi connectivity index (χ4v) is 3.71. The van der Waals surface area contributed by atoms with Crippen molar-refractivity contribution in [3.63, 3.8) is 0 Å². The summed E-state index contributed by atoms with van der Waals surface area (Å²) in [6.07, 6.45) is -2.42. The molecule has 0 amide bonds. The predicted octanol–water partition coefficient (Wildman–Crippen LogP) is -0.442. The van der Waals surface area contributed by atoms with Gasteiger partial charge in [-0.2, -0.15) is 4.31 Å². The fourth-order valence-electron chi connectivity index (χ4n) is 2.12. The van der Waals surface area contributed by atoms with Crippen molar-refractivity contribution in [1.29, 1.82) is 0 Å². The van der Waals surface area contributed by atoms with Gasteiger partial charge in [-0.15, -0.1) is 0 Å². The van der Waals surface area contributed by atoms with E-state index in [-0.39, 0.29) is 23.5 Å². The molecule has 1 aromatic carbocycles. The van der Waals surface area contributed by atoms with Gasteiger partial charge in [-0.05, 0) is 24.6 Å². The van der Waals surface area contributed by atoms with Gasteiger partial charge in [0.1, 0.15) is 5.82 Å². The average Bonchev–Trinajstić information content (AvgIpc) is 2.73. The number of carboxylic acids is 1. The number of aliphatic hydroxyl groups is 2. The highest BCUT2D eigenvalue weighted by atomic mass is 32.2. The fraction of sp³-hybridized carbons (Fsp3) is 0.417. The molecule has 116 valence electrons. The SMILES string of the molecule is Cc1cc(S(=O)(=O)N2CC(O)C(O)C2)cc(C(=O)O)c1F. The summed E-state index contributed by atoms with van der Waals surface area (Å²) in [5.74, 6) is -2.57. The van der Waals surface area contributed by atoms with Gasteiger partial charge in [0.15, 0.2) is 0 Å². The Morgan fingerprint density at radius 1 is 1.29 bits per heavy atom. The minimum atomic E-state index is -4.12. The maximum Gasteiger partial charge on any atom is 0.338 e. The maximum absolute atomic E-state index is 13.7. The van der Waals surface area contributed by atoms with Gasteiger partial charge in [0, 0.05) is 13.1 Å². The number of rotatable bonds is 3. The van der Waals surface area contributed by atoms with E-state index in [2.05, 4.69) is 0 Å². The van der Waals surface area contributed by atoms with E-state index in [0.717, 1.165) is 16.4 Å². The quantitative estimate of drug-likeness (QED) is 0.695. The first kappa shape index (κ1) is 15.8. The molecule has 0 bridgehead atoms. The average molecular weight is 319 g/mol. The van der Waals surface area contributed by atoms with E-state index in [1.165, 1.54) is 6.92 Å². The number of β-amino-alcohol motifs (C(OH)–C–C–N with tert-alkyl or cyclic N) is 2. The molecule has 0 aliphatic carbocycles. The Morgan fingerprint density at radius 2 is 1.81 bits per heavy atom. The van der Waals surface area contributed by atoms with Gasteiger partial charge in [0.2, 0.25) is 10.0 Å². The lowest BCUT2D eigenvalue weighted by atomic mass is 10.1. The number of nitrogens with zero attached hydrogens (tertiary/aromatic N) is 1. The first-order chi connectivity index (χ1) is 9.64. The minimum Gasteiger partial charge on any atom is -0.478 e. The molecule has 2 unspecified atom stereocenters. The lowest BCUT2D eigenvalue weighted by Crippen LogP contribution is -2.30. The second-order valence-corrected chi connectivity index (χ2v) is 6.80. The van der Waals surface area contributed by atoms with Crippen molar-refractivity contribution in [2.75, 3.05) is 13.1 Å². The molecule has 1 fully saturated rings. The Labute approximate surface area is 120 Å². The number of sulfonamides is 1. The van der Waals surface area contributed by atoms with Crippen LogP contribution in [-0.2, 0) is 10.0 Å². The van der Waals surface area contributed by atoms with Crippen molar-refractivity contribution in [3.8, 4) is 0 Å². The zero-order valence-electron chi connectivity index (χ0n) is 11.0. The van der Waals surface area contributed by atoms with Gasteiger partial charge in [0.05, 0.1) is 22.7 Å². The van der Waals surface area contributed by atoms with Gasteiger partial charge < -0.3 is 15.3 Å². The molecule has 3 N–H and O–H groups in total. The van der Waals surface area contributed by atoms with E-state index in [0.29, 0.717) is 0 Å². The van der Waals surface area contributed by atoms with Crippen LogP contribution in [0.25, 0.3) is 0 Å². The van der Waals surface area contributed by atoms with E-state index in [9.17, 15) is 27.8 Å². The molecular formula is C12H14FNO6S. The number of carbonyl (C=O) groups is 1. The lowest BCUT2D eigenvalue weighted by Gasteiger charge is -2.16. The van der Waals surface area contributed by atoms with Crippen LogP contribution in [0.15, 0.2) is 17.0 Å². The van der Waals surface area contributed by atoms with Crippen molar-refractivity contribution in [1.82, 2.24) is 4.31 Å². The number of hydrogen-bond donors (Lipinski definition) is 3. The zero-order valence-corrected chi connectivity index (χ0v) is 11.8. The standard InChI is InChI=1S/C12H14FNO6S/c1-6-2-7(3-8(11(6)13)12(17)18)21(19,20)14-4-9(15)10(16)5-14/h2-3,9-10,15-16H,4-5H2,1H3,(H,17,18). The summed E-state index contributed by atoms with van der Waals surface area (Å²) >= 11 is 0. The van der Waals surface area contributed by atoms with Crippen LogP contribution >= 0.6 is 0 Å². The Morgan fingerprint density at radius 3 is 2.29 bits per heavy atom. The third-order valence-electron chi connectivity index (χ3n) is 3.32. The summed E-state index contributed by atoms with van der Waals surface area (Å²) in [5.41, 5.74) is -0.859. The predicted molar refractivity (Wildman–Crippen MR) is 68.9 cm³/mol. The van der Waals surface area contributed by atoms with Gasteiger partial charge in [-0.3, -0.25) is 0 Å². The van der Waals surface area contributed by atoms with Gasteiger partial charge in [0.25, 0.3) is 0 Å². The summed E-state index contributed by atoms with van der Waals surface area (Å²) in [6.45, 7) is 0.652. The third-order valence-corrected chi connectivity index (χ3v) is 5.13. The largest absolute Gasteiger partial charge is 0.478 e. The van der Waals surface area contributed by atoms with Crippen LogP contribution in [0.4, 0.5) is 4.39 Å². The van der Waals surface area contributed by atoms with Crippen LogP contribution in [0.1, 0.15) is 15.9 Å². The zero-order chi connectivity index (χ0) is 15.9. The Balaban J connectivity index is 2.49. The first-order valence-electron chi connectivity index (χ1n) is 6.04. The number of aliphatic hydroxyl groups excluding tert-OH is 2. The molecule has 2 atom stereocenters. The first-order valence-corrected chi connectivity index (χ1v) is 7.48. The molecule has 1 aliphatic rings. The molecule has 0 saturated carbocycles. The summed E-state index contributed by atoms with van der Waals surface area (Å²) in [5, 5.41) is 27.7. The molecular weight excluding hydrogens is 305 g/mol. The van der Waals surface area contributed by atoms with Crippen molar-refractivity contribution < 1.29 is 32.9 Å². The number of aromatic carboxylic acids is 1. The molecule has 1 aromatic rings. The van der Waals surface area contributed by atoms with Crippen LogP contribution in [0.2, 0.25) is 0 Å². The topological polar surface area (TPSA) is 115 Å². The molecule has 1 saturated heterocycles. The Kier molecular flexibility index (Phi) is 4.02. The van der Waals surface area contributed by atoms with Gasteiger partial charge in [-0.1, -0.05) is 0 Å². The molecule has 0 spiro atoms. The van der Waals surface area contributed by atoms with Crippen LogP contribution in [0.3, 0.4) is 0 Å². The molecule has 9 heteroatoms. The van der Waals surface area contributed by atoms with E-state index in [1.807, 2.05) is 0 Å². The summed E-state index contributed by atoms with van der Waals surface area (Å²) < 4.78 is 39.2. The molecule has 2 rings (SSSR count). The van der Waals surface area contributed by atoms with Crippen molar-refractivity contribution in [3.05, 3.63) is 29.1 Å². The van der Waals surface area contributed by atoms with Crippen LogP contribution < -0.4 is 0 Å². The third kappa shape index (κ3) is 2.77. The summed E-state index contributed by atoms with van der Waals surface area (Å²) in [6, 6.07) is 1.76. The van der Waals surface area contributed by atoms with Crippen LogP contribution in [0.5, 0.6) is 0 Å². The normalized spacial score (nSPS) is 23.4. The highest BCUT2D eigenvalue weighted by molar-refractivity contribution is 7.89. The van der Waals surface area contributed by atoms with Crippen LogP contribution in [-0.4, -0.2) is 59.3 Å². The lowest BCUT2D eigenvalue weighted by molar-refractivity contribution is 0.0572. The van der Waals surface area contributed by atoms with E-state index in [4.69, 9.17) is 5.11 Å². The monoisotopic (exact) mass is 319 g/mol. The molecule has 1 heterocycles. The van der Waals surface area contributed by atoms with Crippen molar-refractivity contribution in [2.45, 2.75) is 24.0 Å². The number of benzene rings is 1. The highest BCUT2D eigenvalue weighted by Gasteiger charge is 2.38. The van der Waals surface area contributed by atoms with Gasteiger partial charge in [-0.25, -0.2) is 17.6 Å². The molecule has 7 nitrogen and oxygen atoms in total. The Hall–Kier alpha value is -1.55. The number of aryl methyl sites for hydroxylation is 1. The van der Waals surface area contributed by atoms with E-state index in [1.54, 1.807) is 0 Å². The van der Waals surface area contributed by atoms with E-state index >= 15 is 0 Å². The Bertz CT molecular complexity index is 679. The van der Waals surface area contributed by atoms with Gasteiger partial charge >= 0.3 is 5.97 Å². The summed E-state index contributed by atoms with van der Waals surface area (Å²) in [7, 11) is -4.12. The molecule has 21 heavy (non-hydrogen) atoms. The number of halogens is 1. The molecule has 0 aromatic heterocycles.